The fraction of sp³-hybridized carbons (Fsp3) is 0.424. The van der Waals surface area contributed by atoms with Gasteiger partial charge in [-0.25, -0.2) is 9.59 Å². The molecular formula is C59H60O26. The van der Waals surface area contributed by atoms with Gasteiger partial charge in [-0.15, -0.1) is 0 Å². The maximum atomic E-state index is 14.4. The van der Waals surface area contributed by atoms with Gasteiger partial charge in [-0.05, 0) is 59.0 Å². The van der Waals surface area contributed by atoms with Crippen LogP contribution in [0.25, 0.3) is 21.5 Å². The van der Waals surface area contributed by atoms with Crippen molar-refractivity contribution < 1.29 is 118 Å². The molecule has 4 aromatic rings. The van der Waals surface area contributed by atoms with Gasteiger partial charge in [0.1, 0.15) is 97.3 Å². The molecule has 2 aliphatic carbocycles. The van der Waals surface area contributed by atoms with Crippen LogP contribution in [0.4, 0.5) is 0 Å². The Morgan fingerprint density at radius 2 is 0.976 bits per heavy atom. The van der Waals surface area contributed by atoms with Crippen LogP contribution < -0.4 is 20.3 Å². The predicted octanol–water partition coefficient (Wildman–Crippen LogP) is -0.138. The molecule has 0 radical (unpaired) electrons. The summed E-state index contributed by atoms with van der Waals surface area (Å²) in [6.45, 7) is 0.0582. The van der Waals surface area contributed by atoms with E-state index < -0.39 is 175 Å². The number of carbonyl (C=O) groups is 4. The van der Waals surface area contributed by atoms with E-state index in [0.717, 1.165) is 0 Å². The maximum Gasteiger partial charge on any atom is 0.331 e. The molecule has 6 aliphatic rings. The van der Waals surface area contributed by atoms with Gasteiger partial charge in [0.05, 0.1) is 42.9 Å². The molecule has 4 aliphatic heterocycles. The highest BCUT2D eigenvalue weighted by molar-refractivity contribution is 5.95. The van der Waals surface area contributed by atoms with Crippen molar-refractivity contribution in [1.29, 1.82) is 0 Å². The summed E-state index contributed by atoms with van der Waals surface area (Å²) in [7, 11) is 0. The van der Waals surface area contributed by atoms with Crippen LogP contribution in [0.15, 0.2) is 105 Å². The smallest absolute Gasteiger partial charge is 0.331 e. The number of aliphatic hydroxyl groups excluding tert-OH is 9. The van der Waals surface area contributed by atoms with Crippen molar-refractivity contribution in [3.63, 3.8) is 0 Å². The Kier molecular flexibility index (Phi) is 17.7. The van der Waals surface area contributed by atoms with Gasteiger partial charge in [0.2, 0.25) is 10.9 Å². The molecule has 4 heterocycles. The standard InChI is InChI=1S/C59H60O26/c1-24-49(66)54(71)41(83-58(24)75)22-79-39-12-25(6-8-77-37-20-35-31(14-33(37)60)18-43(62)81-35)10-27-2-4-29(50(67)47(27)52(39)69)16-45(64)85-46(65)17-30-5-3-28-11-26(7-9-78-38-21-36-32(15-34(38)61)19-44(63)82-36)13-40(53(70)48(28)51(30)68)80-23-42-55(72)56(73)57(74)59(76)84-42/h2-5,10-15,18-19,24,35-38,41-42,49,54-61,66-68,71-76H,6-9,16-17,20-23H2,1H3. The van der Waals surface area contributed by atoms with Crippen LogP contribution in [-0.2, 0) is 78.0 Å². The quantitative estimate of drug-likeness (QED) is 0.0351. The summed E-state index contributed by atoms with van der Waals surface area (Å²) in [5.41, 5.74) is -0.538. The molecule has 10 rings (SSSR count). The van der Waals surface area contributed by atoms with Crippen molar-refractivity contribution in [2.24, 2.45) is 5.92 Å². The van der Waals surface area contributed by atoms with E-state index in [1.807, 2.05) is 0 Å². The van der Waals surface area contributed by atoms with Crippen LogP contribution in [-0.4, -0.2) is 186 Å². The van der Waals surface area contributed by atoms with Crippen molar-refractivity contribution in [1.82, 2.24) is 0 Å². The number of phenols is 2. The van der Waals surface area contributed by atoms with E-state index in [0.29, 0.717) is 22.3 Å². The first-order valence-electron chi connectivity index (χ1n) is 27.1. The number of esters is 4. The van der Waals surface area contributed by atoms with Gasteiger partial charge >= 0.3 is 23.9 Å². The van der Waals surface area contributed by atoms with Gasteiger partial charge in [-0.3, -0.25) is 19.2 Å². The van der Waals surface area contributed by atoms with Gasteiger partial charge in [-0.1, -0.05) is 43.3 Å². The first-order chi connectivity index (χ1) is 40.5. The number of aliphatic hydroxyl groups is 9. The van der Waals surface area contributed by atoms with Gasteiger partial charge in [0.15, 0.2) is 24.1 Å². The zero-order chi connectivity index (χ0) is 60.7. The summed E-state index contributed by atoms with van der Waals surface area (Å²) < 4.78 is 49.9. The van der Waals surface area contributed by atoms with Crippen molar-refractivity contribution in [2.45, 2.75) is 125 Å². The lowest BCUT2D eigenvalue weighted by Crippen LogP contribution is -2.58. The van der Waals surface area contributed by atoms with Crippen LogP contribution in [0.3, 0.4) is 0 Å². The van der Waals surface area contributed by atoms with Gasteiger partial charge in [0.25, 0.3) is 0 Å². The van der Waals surface area contributed by atoms with Crippen molar-refractivity contribution in [3.8, 4) is 23.0 Å². The van der Waals surface area contributed by atoms with Gasteiger partial charge in [0, 0.05) is 53.2 Å². The highest BCUT2D eigenvalue weighted by Crippen LogP contribution is 2.35. The molecule has 26 heteroatoms. The number of hydrogen-bond donors (Lipinski definition) is 11. The second-order valence-electron chi connectivity index (χ2n) is 21.4. The molecule has 26 nitrogen and oxygen atoms in total. The lowest BCUT2D eigenvalue weighted by molar-refractivity contribution is -0.285. The highest BCUT2D eigenvalue weighted by Gasteiger charge is 2.44. The molecule has 0 amide bonds. The van der Waals surface area contributed by atoms with Crippen LogP contribution in [0.2, 0.25) is 0 Å². The minimum Gasteiger partial charge on any atom is -0.510 e. The van der Waals surface area contributed by atoms with E-state index in [-0.39, 0.29) is 77.7 Å². The molecule has 14 unspecified atom stereocenters. The number of carbonyl (C=O) groups excluding carboxylic acids is 4. The zero-order valence-electron chi connectivity index (χ0n) is 45.1. The van der Waals surface area contributed by atoms with E-state index in [1.54, 1.807) is 0 Å². The average molecular weight is 1190 g/mol. The Morgan fingerprint density at radius 1 is 0.541 bits per heavy atom. The zero-order valence-corrected chi connectivity index (χ0v) is 45.1. The third-order valence-corrected chi connectivity index (χ3v) is 15.6. The fourth-order valence-electron chi connectivity index (χ4n) is 10.8. The van der Waals surface area contributed by atoms with Crippen LogP contribution in [0.5, 0.6) is 23.0 Å². The Balaban J connectivity index is 0.867. The van der Waals surface area contributed by atoms with Crippen LogP contribution in [0.1, 0.15) is 42.0 Å². The van der Waals surface area contributed by atoms with E-state index >= 15 is 0 Å². The predicted molar refractivity (Wildman–Crippen MR) is 288 cm³/mol. The molecular weight excluding hydrogens is 1120 g/mol. The molecule has 452 valence electrons. The lowest BCUT2D eigenvalue weighted by atomic mass is 9.93. The summed E-state index contributed by atoms with van der Waals surface area (Å²) in [5.74, 6) is -7.04. The van der Waals surface area contributed by atoms with E-state index in [9.17, 15) is 84.9 Å². The third-order valence-electron chi connectivity index (χ3n) is 15.6. The summed E-state index contributed by atoms with van der Waals surface area (Å²) >= 11 is 0. The fourth-order valence-corrected chi connectivity index (χ4v) is 10.8. The van der Waals surface area contributed by atoms with Gasteiger partial charge in [-0.2, -0.15) is 0 Å². The Labute approximate surface area is 480 Å². The average Bonchev–Trinajstić information content (AvgIpc) is 3.68. The number of hydrogen-bond acceptors (Lipinski definition) is 26. The number of fused-ring (bicyclic) bond motifs is 4. The number of rotatable bonds is 18. The number of phenolic OH excluding ortho intramolecular Hbond substituents is 2. The number of ether oxygens (including phenoxy) is 9. The van der Waals surface area contributed by atoms with Crippen molar-refractivity contribution >= 4 is 45.4 Å². The molecule has 0 aromatic heterocycles. The number of benzene rings is 2. The Bertz CT molecular complexity index is 3340. The first kappa shape index (κ1) is 60.3. The largest absolute Gasteiger partial charge is 0.510 e. The first-order valence-corrected chi connectivity index (χ1v) is 27.1. The maximum absolute atomic E-state index is 14.4. The molecule has 4 aromatic carbocycles. The monoisotopic (exact) mass is 1180 g/mol. The van der Waals surface area contributed by atoms with E-state index in [4.69, 9.17) is 42.6 Å². The summed E-state index contributed by atoms with van der Waals surface area (Å²) in [6.07, 6.45) is -13.6. The van der Waals surface area contributed by atoms with Crippen LogP contribution in [0, 0.1) is 5.92 Å². The molecule has 0 bridgehead atoms. The molecule has 2 fully saturated rings. The molecule has 14 atom stereocenters. The molecule has 11 N–H and O–H groups in total. The van der Waals surface area contributed by atoms with Gasteiger partial charge < -0.3 is 98.8 Å². The second kappa shape index (κ2) is 25.0. The minimum atomic E-state index is -1.94. The normalized spacial score (nSPS) is 28.9. The SMILES string of the molecule is CC1C(O)OC(COc2cc(CCOC3CC4OC(=O)C=C4C=C3O)cc3ccc(CC(=O)OC(=O)Cc4ccc5cc(CCOC6CC7OC(=O)C=C7C=C6O)cc(OCC6OC(O)C(O)C(O)C6O)c(=O)c5c4O)c(O)c3c2=O)C(O)C1O. The summed E-state index contributed by atoms with van der Waals surface area (Å²) in [6, 6.07) is 11.0. The second-order valence-corrected chi connectivity index (χ2v) is 21.4. The topological polar surface area (TPSA) is 408 Å². The van der Waals surface area contributed by atoms with E-state index in [2.05, 4.69) is 0 Å². The van der Waals surface area contributed by atoms with Crippen molar-refractivity contribution in [2.75, 3.05) is 26.4 Å². The minimum absolute atomic E-state index is 0.0394. The number of aromatic hydroxyl groups is 2. The third kappa shape index (κ3) is 12.9. The molecule has 0 spiro atoms. The van der Waals surface area contributed by atoms with E-state index in [1.165, 1.54) is 79.8 Å². The molecule has 85 heavy (non-hydrogen) atoms. The summed E-state index contributed by atoms with van der Waals surface area (Å²) in [5, 5.41) is 117. The van der Waals surface area contributed by atoms with Crippen molar-refractivity contribution in [3.05, 3.63) is 138 Å². The Morgan fingerprint density at radius 3 is 1.44 bits per heavy atom. The lowest BCUT2D eigenvalue weighted by Gasteiger charge is -2.39. The Hall–Kier alpha value is -7.86. The summed E-state index contributed by atoms with van der Waals surface area (Å²) in [4.78, 5) is 79.3. The molecule has 2 saturated heterocycles. The highest BCUT2D eigenvalue weighted by atomic mass is 16.7. The molecule has 0 saturated carbocycles. The van der Waals surface area contributed by atoms with Crippen LogP contribution >= 0.6 is 0 Å².